The van der Waals surface area contributed by atoms with Gasteiger partial charge in [-0.2, -0.15) is 0 Å². The maximum Gasteiger partial charge on any atom is 0.334 e. The lowest BCUT2D eigenvalue weighted by atomic mass is 10.1. The van der Waals surface area contributed by atoms with Gasteiger partial charge in [-0.1, -0.05) is 37.8 Å². The Morgan fingerprint density at radius 3 is 2.59 bits per heavy atom. The lowest BCUT2D eigenvalue weighted by Gasteiger charge is -2.11. The van der Waals surface area contributed by atoms with E-state index in [-0.39, 0.29) is 5.97 Å². The molecule has 1 unspecified atom stereocenters. The Morgan fingerprint density at radius 1 is 1.06 bits per heavy atom. The molecule has 1 rings (SSSR count). The van der Waals surface area contributed by atoms with Crippen molar-refractivity contribution in [2.75, 3.05) is 13.2 Å². The van der Waals surface area contributed by atoms with Crippen molar-refractivity contribution >= 4 is 5.97 Å². The fourth-order valence-electron chi connectivity index (χ4n) is 1.82. The van der Waals surface area contributed by atoms with Crippen LogP contribution in [-0.2, 0) is 14.3 Å². The molecule has 0 saturated heterocycles. The van der Waals surface area contributed by atoms with Crippen molar-refractivity contribution in [3.05, 3.63) is 12.2 Å². The largest absolute Gasteiger partial charge is 0.464 e. The maximum absolute atomic E-state index is 11.5. The van der Waals surface area contributed by atoms with Crippen molar-refractivity contribution in [2.24, 2.45) is 0 Å². The Morgan fingerprint density at radius 2 is 1.76 bits per heavy atom. The van der Waals surface area contributed by atoms with E-state index in [1.54, 1.807) is 6.92 Å². The topological polar surface area (TPSA) is 35.5 Å². The highest BCUT2D eigenvalue weighted by Crippen LogP contribution is 2.08. The van der Waals surface area contributed by atoms with Crippen molar-refractivity contribution < 1.29 is 14.3 Å². The summed E-state index contributed by atoms with van der Waals surface area (Å²) in [4.78, 5) is 11.5. The van der Waals surface area contributed by atoms with Crippen LogP contribution in [0.25, 0.3) is 0 Å². The van der Waals surface area contributed by atoms with Gasteiger partial charge in [0.25, 0.3) is 0 Å². The first kappa shape index (κ1) is 14.2. The summed E-state index contributed by atoms with van der Waals surface area (Å²) in [6, 6.07) is 0. The molecule has 0 aromatic rings. The third-order valence-electron chi connectivity index (χ3n) is 2.95. The summed E-state index contributed by atoms with van der Waals surface area (Å²) in [6.45, 7) is 2.77. The summed E-state index contributed by atoms with van der Waals surface area (Å²) < 4.78 is 10.5. The first-order valence-electron chi connectivity index (χ1n) is 6.74. The van der Waals surface area contributed by atoms with Crippen LogP contribution in [0.15, 0.2) is 12.2 Å². The number of ether oxygens (including phenoxy) is 2. The minimum Gasteiger partial charge on any atom is -0.464 e. The summed E-state index contributed by atoms with van der Waals surface area (Å²) in [5.74, 6) is -0.242. The predicted molar refractivity (Wildman–Crippen MR) is 67.8 cm³/mol. The second-order valence-corrected chi connectivity index (χ2v) is 4.52. The normalized spacial score (nSPS) is 27.6. The molecule has 0 aromatic heterocycles. The van der Waals surface area contributed by atoms with Crippen LogP contribution in [-0.4, -0.2) is 25.3 Å². The molecule has 0 aromatic carbocycles. The van der Waals surface area contributed by atoms with Crippen molar-refractivity contribution in [3.8, 4) is 0 Å². The first-order valence-corrected chi connectivity index (χ1v) is 6.74. The second-order valence-electron chi connectivity index (χ2n) is 4.52. The van der Waals surface area contributed by atoms with Crippen molar-refractivity contribution in [1.82, 2.24) is 0 Å². The number of rotatable bonds is 0. The number of hydrogen-bond acceptors (Lipinski definition) is 3. The molecule has 0 spiro atoms. The van der Waals surface area contributed by atoms with Crippen LogP contribution in [0.2, 0.25) is 0 Å². The SMILES string of the molecule is CC1OC/C=C\CCCCCCCCOC1=O. The average molecular weight is 240 g/mol. The Balaban J connectivity index is 2.31. The number of allylic oxidation sites excluding steroid dienone is 1. The van der Waals surface area contributed by atoms with Gasteiger partial charge in [0.15, 0.2) is 6.10 Å². The molecule has 0 amide bonds. The molecule has 17 heavy (non-hydrogen) atoms. The maximum atomic E-state index is 11.5. The number of carbonyl (C=O) groups excluding carboxylic acids is 1. The van der Waals surface area contributed by atoms with Gasteiger partial charge in [-0.3, -0.25) is 0 Å². The molecule has 0 N–H and O–H groups in total. The monoisotopic (exact) mass is 240 g/mol. The van der Waals surface area contributed by atoms with Gasteiger partial charge in [0, 0.05) is 0 Å². The number of carbonyl (C=O) groups is 1. The zero-order valence-corrected chi connectivity index (χ0v) is 10.8. The molecule has 1 heterocycles. The lowest BCUT2D eigenvalue weighted by molar-refractivity contribution is -0.155. The van der Waals surface area contributed by atoms with E-state index in [2.05, 4.69) is 6.08 Å². The van der Waals surface area contributed by atoms with Crippen LogP contribution in [0, 0.1) is 0 Å². The second kappa shape index (κ2) is 9.23. The Hall–Kier alpha value is -0.830. The first-order chi connectivity index (χ1) is 8.30. The van der Waals surface area contributed by atoms with Crippen LogP contribution in [0.3, 0.4) is 0 Å². The molecule has 0 saturated carbocycles. The van der Waals surface area contributed by atoms with Crippen LogP contribution >= 0.6 is 0 Å². The summed E-state index contributed by atoms with van der Waals surface area (Å²) in [5.41, 5.74) is 0. The van der Waals surface area contributed by atoms with Crippen LogP contribution < -0.4 is 0 Å². The third-order valence-corrected chi connectivity index (χ3v) is 2.95. The predicted octanol–water partition coefficient (Wildman–Crippen LogP) is 3.24. The van der Waals surface area contributed by atoms with Crippen LogP contribution in [0.5, 0.6) is 0 Å². The highest BCUT2D eigenvalue weighted by atomic mass is 16.6. The van der Waals surface area contributed by atoms with Crippen LogP contribution in [0.1, 0.15) is 51.9 Å². The Labute approximate surface area is 104 Å². The van der Waals surface area contributed by atoms with Crippen LogP contribution in [0.4, 0.5) is 0 Å². The molecule has 1 aliphatic heterocycles. The number of esters is 1. The molecule has 1 aliphatic rings. The highest BCUT2D eigenvalue weighted by molar-refractivity contribution is 5.74. The van der Waals surface area contributed by atoms with Gasteiger partial charge in [-0.25, -0.2) is 4.79 Å². The van der Waals surface area contributed by atoms with Crippen molar-refractivity contribution in [1.29, 1.82) is 0 Å². The van der Waals surface area contributed by atoms with Crippen molar-refractivity contribution in [2.45, 2.75) is 58.0 Å². The fraction of sp³-hybridized carbons (Fsp3) is 0.786. The lowest BCUT2D eigenvalue weighted by Crippen LogP contribution is -2.23. The quantitative estimate of drug-likeness (QED) is 0.481. The Kier molecular flexibility index (Phi) is 7.72. The van der Waals surface area contributed by atoms with Gasteiger partial charge in [-0.15, -0.1) is 0 Å². The minimum atomic E-state index is -0.454. The third kappa shape index (κ3) is 7.16. The molecule has 0 radical (unpaired) electrons. The van der Waals surface area contributed by atoms with Gasteiger partial charge in [0.2, 0.25) is 0 Å². The van der Waals surface area contributed by atoms with E-state index in [4.69, 9.17) is 9.47 Å². The summed E-state index contributed by atoms with van der Waals surface area (Å²) >= 11 is 0. The molecule has 98 valence electrons. The smallest absolute Gasteiger partial charge is 0.334 e. The molecule has 0 aliphatic carbocycles. The van der Waals surface area contributed by atoms with E-state index in [9.17, 15) is 4.79 Å². The van der Waals surface area contributed by atoms with Gasteiger partial charge < -0.3 is 9.47 Å². The number of hydrogen-bond donors (Lipinski definition) is 0. The van der Waals surface area contributed by atoms with Gasteiger partial charge >= 0.3 is 5.97 Å². The standard InChI is InChI=1S/C14H24O3/c1-13-14(15)17-12-10-8-6-4-2-3-5-7-9-11-16-13/h7,9,13H,2-6,8,10-12H2,1H3/b9-7-. The van der Waals surface area contributed by atoms with E-state index in [0.29, 0.717) is 13.2 Å². The van der Waals surface area contributed by atoms with Gasteiger partial charge in [0.1, 0.15) is 0 Å². The van der Waals surface area contributed by atoms with Crippen molar-refractivity contribution in [3.63, 3.8) is 0 Å². The molecule has 0 fully saturated rings. The molecule has 3 nitrogen and oxygen atoms in total. The molecule has 1 atom stereocenters. The van der Waals surface area contributed by atoms with E-state index < -0.39 is 6.10 Å². The molecular weight excluding hydrogens is 216 g/mol. The molecule has 0 bridgehead atoms. The van der Waals surface area contributed by atoms with E-state index in [1.165, 1.54) is 25.7 Å². The average Bonchev–Trinajstić information content (AvgIpc) is 2.34. The Bertz CT molecular complexity index is 236. The minimum absolute atomic E-state index is 0.242. The van der Waals surface area contributed by atoms with E-state index in [0.717, 1.165) is 19.3 Å². The molecular formula is C14H24O3. The molecule has 3 heteroatoms. The zero-order chi connectivity index (χ0) is 12.3. The van der Waals surface area contributed by atoms with E-state index >= 15 is 0 Å². The summed E-state index contributed by atoms with van der Waals surface area (Å²) in [7, 11) is 0. The fourth-order valence-corrected chi connectivity index (χ4v) is 1.82. The summed E-state index contributed by atoms with van der Waals surface area (Å²) in [6.07, 6.45) is 12.0. The number of cyclic esters (lactones) is 1. The van der Waals surface area contributed by atoms with Gasteiger partial charge in [0.05, 0.1) is 13.2 Å². The van der Waals surface area contributed by atoms with E-state index in [1.807, 2.05) is 6.08 Å². The zero-order valence-electron chi connectivity index (χ0n) is 10.8. The highest BCUT2D eigenvalue weighted by Gasteiger charge is 2.13. The van der Waals surface area contributed by atoms with Gasteiger partial charge in [-0.05, 0) is 26.2 Å². The summed E-state index contributed by atoms with van der Waals surface area (Å²) in [5, 5.41) is 0.